The van der Waals surface area contributed by atoms with Crippen LogP contribution in [0.25, 0.3) is 0 Å². The third kappa shape index (κ3) is 2.17. The maximum atomic E-state index is 6.11. The molecule has 1 heterocycles. The lowest BCUT2D eigenvalue weighted by molar-refractivity contribution is 0.150. The van der Waals surface area contributed by atoms with Gasteiger partial charge in [0, 0.05) is 30.2 Å². The minimum absolute atomic E-state index is 0.0659. The van der Waals surface area contributed by atoms with Gasteiger partial charge in [-0.3, -0.25) is 0 Å². The molecule has 1 aromatic rings. The van der Waals surface area contributed by atoms with Crippen LogP contribution < -0.4 is 15.2 Å². The quantitative estimate of drug-likeness (QED) is 0.918. The Balaban J connectivity index is 2.07. The highest BCUT2D eigenvalue weighted by molar-refractivity contribution is 5.55. The normalized spacial score (nSPS) is 20.1. The molecule has 0 atom stereocenters. The fourth-order valence-electron chi connectivity index (χ4n) is 3.51. The molecule has 1 saturated carbocycles. The number of hydrogen-bond donors (Lipinski definition) is 1. The van der Waals surface area contributed by atoms with Crippen molar-refractivity contribution in [3.8, 4) is 11.5 Å². The van der Waals surface area contributed by atoms with Crippen LogP contribution in [0.4, 0.5) is 0 Å². The zero-order chi connectivity index (χ0) is 14.0. The van der Waals surface area contributed by atoms with Crippen molar-refractivity contribution in [1.29, 1.82) is 0 Å². The highest BCUT2D eigenvalue weighted by Gasteiger charge is 2.38. The molecule has 110 valence electrons. The van der Waals surface area contributed by atoms with Gasteiger partial charge in [-0.15, -0.1) is 0 Å². The molecule has 2 aliphatic rings. The zero-order valence-electron chi connectivity index (χ0n) is 12.1. The summed E-state index contributed by atoms with van der Waals surface area (Å²) in [5.74, 6) is 1.76. The Labute approximate surface area is 120 Å². The number of benzene rings is 1. The number of hydrogen-bond acceptors (Lipinski definition) is 4. The van der Waals surface area contributed by atoms with Gasteiger partial charge in [-0.25, -0.2) is 0 Å². The molecule has 4 heteroatoms. The fraction of sp³-hybridized carbons (Fsp3) is 0.625. The average molecular weight is 277 g/mol. The van der Waals surface area contributed by atoms with Gasteiger partial charge in [0.05, 0.1) is 6.61 Å². The lowest BCUT2D eigenvalue weighted by Gasteiger charge is -2.33. The molecule has 1 aromatic carbocycles. The lowest BCUT2D eigenvalue weighted by atomic mass is 9.78. The Morgan fingerprint density at radius 2 is 1.85 bits per heavy atom. The first-order valence-corrected chi connectivity index (χ1v) is 7.42. The first-order chi connectivity index (χ1) is 9.80. The summed E-state index contributed by atoms with van der Waals surface area (Å²) in [6.07, 6.45) is 4.77. The molecule has 0 spiro atoms. The molecule has 0 amide bonds. The van der Waals surface area contributed by atoms with Gasteiger partial charge in [-0.05, 0) is 12.8 Å². The molecular formula is C16H23NO3. The Hall–Kier alpha value is -1.26. The van der Waals surface area contributed by atoms with Crippen molar-refractivity contribution in [1.82, 2.24) is 0 Å². The smallest absolute Gasteiger partial charge is 0.167 e. The molecule has 0 radical (unpaired) electrons. The summed E-state index contributed by atoms with van der Waals surface area (Å²) in [6.45, 7) is 2.42. The predicted octanol–water partition coefficient (Wildman–Crippen LogP) is 2.37. The number of ether oxygens (including phenoxy) is 3. The van der Waals surface area contributed by atoms with Crippen molar-refractivity contribution in [2.75, 3.05) is 26.9 Å². The zero-order valence-corrected chi connectivity index (χ0v) is 12.1. The first kappa shape index (κ1) is 13.7. The van der Waals surface area contributed by atoms with Crippen LogP contribution >= 0.6 is 0 Å². The fourth-order valence-corrected chi connectivity index (χ4v) is 3.51. The third-order valence-electron chi connectivity index (χ3n) is 4.59. The van der Waals surface area contributed by atoms with E-state index in [4.69, 9.17) is 19.9 Å². The van der Waals surface area contributed by atoms with Gasteiger partial charge < -0.3 is 19.9 Å². The van der Waals surface area contributed by atoms with Gasteiger partial charge in [0.2, 0.25) is 0 Å². The monoisotopic (exact) mass is 277 g/mol. The summed E-state index contributed by atoms with van der Waals surface area (Å²) in [5.41, 5.74) is 8.46. The summed E-state index contributed by atoms with van der Waals surface area (Å²) >= 11 is 0. The number of fused-ring (bicyclic) bond motifs is 1. The van der Waals surface area contributed by atoms with Crippen LogP contribution in [0.1, 0.15) is 36.8 Å². The Kier molecular flexibility index (Phi) is 3.85. The van der Waals surface area contributed by atoms with E-state index in [0.717, 1.165) is 29.9 Å². The van der Waals surface area contributed by atoms with Crippen molar-refractivity contribution in [2.24, 2.45) is 5.73 Å². The van der Waals surface area contributed by atoms with E-state index in [9.17, 15) is 0 Å². The molecule has 4 nitrogen and oxygen atoms in total. The molecule has 0 saturated heterocycles. The van der Waals surface area contributed by atoms with Crippen LogP contribution in [-0.2, 0) is 16.8 Å². The summed E-state index contributed by atoms with van der Waals surface area (Å²) in [7, 11) is 1.70. The molecule has 1 fully saturated rings. The van der Waals surface area contributed by atoms with Gasteiger partial charge in [0.1, 0.15) is 13.2 Å². The maximum absolute atomic E-state index is 6.11. The van der Waals surface area contributed by atoms with Crippen molar-refractivity contribution in [3.63, 3.8) is 0 Å². The molecular weight excluding hydrogens is 254 g/mol. The van der Waals surface area contributed by atoms with Gasteiger partial charge in [-0.2, -0.15) is 0 Å². The van der Waals surface area contributed by atoms with Crippen molar-refractivity contribution < 1.29 is 14.2 Å². The van der Waals surface area contributed by atoms with Crippen molar-refractivity contribution >= 4 is 0 Å². The average Bonchev–Trinajstić information content (AvgIpc) is 2.98. The van der Waals surface area contributed by atoms with E-state index in [1.807, 2.05) is 0 Å². The molecule has 20 heavy (non-hydrogen) atoms. The molecule has 1 aliphatic heterocycles. The van der Waals surface area contributed by atoms with Crippen molar-refractivity contribution in [2.45, 2.75) is 37.7 Å². The highest BCUT2D eigenvalue weighted by atomic mass is 16.6. The minimum Gasteiger partial charge on any atom is -0.486 e. The minimum atomic E-state index is 0.0659. The van der Waals surface area contributed by atoms with E-state index >= 15 is 0 Å². The van der Waals surface area contributed by atoms with Crippen LogP contribution in [-0.4, -0.2) is 26.9 Å². The maximum Gasteiger partial charge on any atom is 0.167 e. The largest absolute Gasteiger partial charge is 0.486 e. The van der Waals surface area contributed by atoms with Crippen LogP contribution in [0.15, 0.2) is 12.1 Å². The summed E-state index contributed by atoms with van der Waals surface area (Å²) in [6, 6.07) is 4.27. The number of methoxy groups -OCH3 is 1. The Morgan fingerprint density at radius 3 is 2.50 bits per heavy atom. The van der Waals surface area contributed by atoms with Crippen LogP contribution in [0.2, 0.25) is 0 Å². The SMILES string of the molecule is COCc1ccc(C2(CN)CCCC2)c2c1OCCO2. The van der Waals surface area contributed by atoms with Crippen molar-refractivity contribution in [3.05, 3.63) is 23.3 Å². The highest BCUT2D eigenvalue weighted by Crippen LogP contribution is 2.48. The molecule has 1 aliphatic carbocycles. The molecule has 0 unspecified atom stereocenters. The van der Waals surface area contributed by atoms with E-state index in [0.29, 0.717) is 26.4 Å². The molecule has 0 aromatic heterocycles. The van der Waals surface area contributed by atoms with Gasteiger partial charge in [0.15, 0.2) is 11.5 Å². The second-order valence-corrected chi connectivity index (χ2v) is 5.75. The predicted molar refractivity (Wildman–Crippen MR) is 77.3 cm³/mol. The van der Waals surface area contributed by atoms with Crippen LogP contribution in [0.3, 0.4) is 0 Å². The second kappa shape index (κ2) is 5.62. The summed E-state index contributed by atoms with van der Waals surface area (Å²) in [5, 5.41) is 0. The van der Waals surface area contributed by atoms with E-state index in [1.54, 1.807) is 7.11 Å². The number of nitrogens with two attached hydrogens (primary N) is 1. The van der Waals surface area contributed by atoms with E-state index in [1.165, 1.54) is 18.4 Å². The topological polar surface area (TPSA) is 53.7 Å². The van der Waals surface area contributed by atoms with Gasteiger partial charge in [0.25, 0.3) is 0 Å². The molecule has 3 rings (SSSR count). The molecule has 0 bridgehead atoms. The Morgan fingerprint density at radius 1 is 1.15 bits per heavy atom. The van der Waals surface area contributed by atoms with E-state index < -0.39 is 0 Å². The van der Waals surface area contributed by atoms with Crippen LogP contribution in [0.5, 0.6) is 11.5 Å². The van der Waals surface area contributed by atoms with Crippen LogP contribution in [0, 0.1) is 0 Å². The summed E-state index contributed by atoms with van der Waals surface area (Å²) in [4.78, 5) is 0. The first-order valence-electron chi connectivity index (χ1n) is 7.42. The standard InChI is InChI=1S/C16H23NO3/c1-18-10-12-4-5-13(15-14(12)19-8-9-20-15)16(11-17)6-2-3-7-16/h4-5H,2-3,6-11,17H2,1H3. The summed E-state index contributed by atoms with van der Waals surface area (Å²) < 4.78 is 17.0. The Bertz CT molecular complexity index is 481. The second-order valence-electron chi connectivity index (χ2n) is 5.75. The van der Waals surface area contributed by atoms with Gasteiger partial charge in [-0.1, -0.05) is 25.0 Å². The molecule has 2 N–H and O–H groups in total. The lowest BCUT2D eigenvalue weighted by Crippen LogP contribution is -2.33. The van der Waals surface area contributed by atoms with E-state index in [2.05, 4.69) is 12.1 Å². The third-order valence-corrected chi connectivity index (χ3v) is 4.59. The number of rotatable bonds is 4. The van der Waals surface area contributed by atoms with E-state index in [-0.39, 0.29) is 5.41 Å². The van der Waals surface area contributed by atoms with Gasteiger partial charge >= 0.3 is 0 Å².